The Morgan fingerprint density at radius 2 is 1.74 bits per heavy atom. The van der Waals surface area contributed by atoms with Crippen molar-refractivity contribution in [2.45, 2.75) is 45.2 Å². The number of hydrogen-bond donors (Lipinski definition) is 2. The fourth-order valence-corrected chi connectivity index (χ4v) is 3.91. The van der Waals surface area contributed by atoms with Gasteiger partial charge in [-0.3, -0.25) is 9.78 Å². The second-order valence-corrected chi connectivity index (χ2v) is 8.86. The van der Waals surface area contributed by atoms with E-state index >= 15 is 0 Å². The topological polar surface area (TPSA) is 97.3 Å². The number of aromatic amines is 1. The number of H-pyrrole nitrogens is 1. The van der Waals surface area contributed by atoms with Crippen LogP contribution < -0.4 is 25.2 Å². The molecular formula is C22H30N6O3. The first kappa shape index (κ1) is 21.0. The minimum absolute atomic E-state index is 0.153. The number of nitrogens with zero attached hydrogens (tertiary/aromatic N) is 4. The molecule has 0 unspecified atom stereocenters. The third-order valence-electron chi connectivity index (χ3n) is 5.58. The number of nitrogens with one attached hydrogen (secondary N) is 2. The van der Waals surface area contributed by atoms with Gasteiger partial charge < -0.3 is 19.7 Å². The predicted molar refractivity (Wildman–Crippen MR) is 122 cm³/mol. The maximum Gasteiger partial charge on any atom is 0.263 e. The zero-order valence-corrected chi connectivity index (χ0v) is 18.7. The summed E-state index contributed by atoms with van der Waals surface area (Å²) in [6.45, 7) is 7.72. The molecule has 166 valence electrons. The first-order chi connectivity index (χ1) is 14.8. The van der Waals surface area contributed by atoms with E-state index in [2.05, 4.69) is 20.3 Å². The molecule has 0 radical (unpaired) electrons. The number of ether oxygens (including phenoxy) is 2. The molecule has 1 aliphatic rings. The summed E-state index contributed by atoms with van der Waals surface area (Å²) in [5, 5.41) is 8.48. The van der Waals surface area contributed by atoms with Crippen molar-refractivity contribution in [1.29, 1.82) is 0 Å². The third kappa shape index (κ3) is 4.30. The average molecular weight is 427 g/mol. The van der Waals surface area contributed by atoms with Crippen LogP contribution in [0.5, 0.6) is 11.5 Å². The van der Waals surface area contributed by atoms with Crippen LogP contribution in [-0.2, 0) is 5.54 Å². The van der Waals surface area contributed by atoms with Gasteiger partial charge in [0, 0.05) is 43.0 Å². The Labute approximate surface area is 181 Å². The third-order valence-corrected chi connectivity index (χ3v) is 5.58. The number of methoxy groups -OCH3 is 2. The number of piperidine rings is 1. The molecule has 0 spiro atoms. The molecule has 0 amide bonds. The molecule has 3 aromatic rings. The number of hydrogen-bond acceptors (Lipinski definition) is 7. The van der Waals surface area contributed by atoms with Gasteiger partial charge in [0.2, 0.25) is 5.95 Å². The van der Waals surface area contributed by atoms with Crippen molar-refractivity contribution in [2.75, 3.05) is 37.5 Å². The number of benzene rings is 1. The summed E-state index contributed by atoms with van der Waals surface area (Å²) < 4.78 is 12.5. The second-order valence-electron chi connectivity index (χ2n) is 8.86. The second kappa shape index (κ2) is 8.13. The Kier molecular flexibility index (Phi) is 5.51. The number of rotatable bonds is 5. The molecule has 0 atom stereocenters. The van der Waals surface area contributed by atoms with Crippen LogP contribution in [0.15, 0.2) is 29.2 Å². The molecule has 1 aliphatic heterocycles. The molecule has 9 heteroatoms. The van der Waals surface area contributed by atoms with Gasteiger partial charge >= 0.3 is 0 Å². The van der Waals surface area contributed by atoms with Gasteiger partial charge in [-0.2, -0.15) is 10.1 Å². The zero-order valence-electron chi connectivity index (χ0n) is 18.7. The first-order valence-corrected chi connectivity index (χ1v) is 10.5. The van der Waals surface area contributed by atoms with Crippen molar-refractivity contribution in [1.82, 2.24) is 19.7 Å². The van der Waals surface area contributed by atoms with E-state index in [4.69, 9.17) is 14.5 Å². The number of fused-ring (bicyclic) bond motifs is 1. The summed E-state index contributed by atoms with van der Waals surface area (Å²) in [6, 6.07) is 6.10. The van der Waals surface area contributed by atoms with Crippen molar-refractivity contribution in [3.8, 4) is 11.5 Å². The van der Waals surface area contributed by atoms with Gasteiger partial charge in [0.05, 0.1) is 26.0 Å². The Balaban J connectivity index is 1.49. The van der Waals surface area contributed by atoms with E-state index in [9.17, 15) is 4.79 Å². The minimum Gasteiger partial charge on any atom is -0.497 e. The highest BCUT2D eigenvalue weighted by Gasteiger charge is 2.24. The monoisotopic (exact) mass is 426 g/mol. The molecule has 2 aromatic heterocycles. The standard InChI is InChI=1S/C22H30N6O3/c1-22(2,3)28-19-18(13-23-28)20(29)26-21(25-19)27-8-6-14(7-9-27)24-15-10-16(30-4)12-17(11-15)31-5/h10-14,24H,6-9H2,1-5H3,(H,25,26,29). The summed E-state index contributed by atoms with van der Waals surface area (Å²) in [5.74, 6) is 2.11. The molecular weight excluding hydrogens is 396 g/mol. The van der Waals surface area contributed by atoms with Gasteiger partial charge in [-0.15, -0.1) is 0 Å². The molecule has 31 heavy (non-hydrogen) atoms. The Bertz CT molecular complexity index is 1100. The van der Waals surface area contributed by atoms with Gasteiger partial charge in [-0.1, -0.05) is 0 Å². The quantitative estimate of drug-likeness (QED) is 0.647. The SMILES string of the molecule is COc1cc(NC2CCN(c3nc4c(cnn4C(C)(C)C)c(=O)[nH]3)CC2)cc(OC)c1. The minimum atomic E-state index is -0.255. The molecule has 1 saturated heterocycles. The van der Waals surface area contributed by atoms with Gasteiger partial charge in [-0.05, 0) is 33.6 Å². The van der Waals surface area contributed by atoms with Gasteiger partial charge in [0.15, 0.2) is 5.65 Å². The van der Waals surface area contributed by atoms with Crippen molar-refractivity contribution in [3.63, 3.8) is 0 Å². The van der Waals surface area contributed by atoms with E-state index in [0.717, 1.165) is 43.1 Å². The first-order valence-electron chi connectivity index (χ1n) is 10.5. The van der Waals surface area contributed by atoms with Crippen LogP contribution in [0.4, 0.5) is 11.6 Å². The molecule has 0 saturated carbocycles. The largest absolute Gasteiger partial charge is 0.497 e. The summed E-state index contributed by atoms with van der Waals surface area (Å²) in [6.07, 6.45) is 3.42. The Morgan fingerprint density at radius 3 is 2.32 bits per heavy atom. The highest BCUT2D eigenvalue weighted by molar-refractivity contribution is 5.74. The average Bonchev–Trinajstić information content (AvgIpc) is 3.19. The van der Waals surface area contributed by atoms with E-state index < -0.39 is 0 Å². The van der Waals surface area contributed by atoms with Crippen LogP contribution in [0, 0.1) is 0 Å². The van der Waals surface area contributed by atoms with E-state index in [-0.39, 0.29) is 11.1 Å². The predicted octanol–water partition coefficient (Wildman–Crippen LogP) is 2.97. The zero-order chi connectivity index (χ0) is 22.2. The van der Waals surface area contributed by atoms with Crippen LogP contribution in [0.1, 0.15) is 33.6 Å². The van der Waals surface area contributed by atoms with Crippen molar-refractivity contribution in [3.05, 3.63) is 34.7 Å². The van der Waals surface area contributed by atoms with Crippen molar-refractivity contribution >= 4 is 22.7 Å². The fourth-order valence-electron chi connectivity index (χ4n) is 3.91. The van der Waals surface area contributed by atoms with Gasteiger partial charge in [-0.25, -0.2) is 4.68 Å². The van der Waals surface area contributed by atoms with E-state index in [1.165, 1.54) is 0 Å². The molecule has 9 nitrogen and oxygen atoms in total. The molecule has 1 fully saturated rings. The maximum absolute atomic E-state index is 12.6. The Morgan fingerprint density at radius 1 is 1.10 bits per heavy atom. The molecule has 2 N–H and O–H groups in total. The van der Waals surface area contributed by atoms with Crippen molar-refractivity contribution in [2.24, 2.45) is 0 Å². The summed E-state index contributed by atoms with van der Waals surface area (Å²) in [5.41, 5.74) is 1.18. The lowest BCUT2D eigenvalue weighted by molar-refractivity contribution is 0.366. The lowest BCUT2D eigenvalue weighted by Crippen LogP contribution is -2.40. The molecule has 1 aromatic carbocycles. The van der Waals surface area contributed by atoms with Crippen LogP contribution in [0.3, 0.4) is 0 Å². The summed E-state index contributed by atoms with van der Waals surface area (Å²) in [7, 11) is 3.29. The van der Waals surface area contributed by atoms with E-state index in [0.29, 0.717) is 23.0 Å². The highest BCUT2D eigenvalue weighted by Crippen LogP contribution is 2.28. The highest BCUT2D eigenvalue weighted by atomic mass is 16.5. The van der Waals surface area contributed by atoms with E-state index in [1.54, 1.807) is 20.4 Å². The maximum atomic E-state index is 12.6. The summed E-state index contributed by atoms with van der Waals surface area (Å²) in [4.78, 5) is 22.4. The smallest absolute Gasteiger partial charge is 0.263 e. The van der Waals surface area contributed by atoms with Gasteiger partial charge in [0.1, 0.15) is 16.9 Å². The normalized spacial score (nSPS) is 15.3. The van der Waals surface area contributed by atoms with Crippen LogP contribution >= 0.6 is 0 Å². The van der Waals surface area contributed by atoms with Crippen LogP contribution in [-0.4, -0.2) is 53.1 Å². The van der Waals surface area contributed by atoms with Crippen LogP contribution in [0.25, 0.3) is 11.0 Å². The molecule has 3 heterocycles. The lowest BCUT2D eigenvalue weighted by Gasteiger charge is -2.33. The molecule has 4 rings (SSSR count). The number of aromatic nitrogens is 4. The molecule has 0 bridgehead atoms. The Hall–Kier alpha value is -3.23. The fraction of sp³-hybridized carbons (Fsp3) is 0.500. The lowest BCUT2D eigenvalue weighted by atomic mass is 10.0. The van der Waals surface area contributed by atoms with Crippen molar-refractivity contribution < 1.29 is 9.47 Å². The molecule has 0 aliphatic carbocycles. The summed E-state index contributed by atoms with van der Waals surface area (Å²) >= 11 is 0. The van der Waals surface area contributed by atoms with Crippen LogP contribution in [0.2, 0.25) is 0 Å². The van der Waals surface area contributed by atoms with Gasteiger partial charge in [0.25, 0.3) is 5.56 Å². The number of anilines is 2. The van der Waals surface area contributed by atoms with E-state index in [1.807, 2.05) is 43.7 Å².